The Morgan fingerprint density at radius 3 is 2.21 bits per heavy atom. The number of halogens is 2. The van der Waals surface area contributed by atoms with Gasteiger partial charge < -0.3 is 10.2 Å². The van der Waals surface area contributed by atoms with Gasteiger partial charge >= 0.3 is 0 Å². The van der Waals surface area contributed by atoms with Gasteiger partial charge in [0.25, 0.3) is 0 Å². The third-order valence-electron chi connectivity index (χ3n) is 5.40. The van der Waals surface area contributed by atoms with Crippen molar-refractivity contribution in [3.63, 3.8) is 0 Å². The van der Waals surface area contributed by atoms with Gasteiger partial charge in [0, 0.05) is 40.0 Å². The molecule has 3 rings (SSSR count). The minimum Gasteiger partial charge on any atom is -0.355 e. The molecule has 0 radical (unpaired) electrons. The molecule has 3 aromatic rings. The van der Waals surface area contributed by atoms with E-state index in [4.69, 9.17) is 23.2 Å². The first-order chi connectivity index (χ1) is 16.4. The molecule has 0 aliphatic carbocycles. The summed E-state index contributed by atoms with van der Waals surface area (Å²) in [6, 6.07) is 22.2. The average molecular weight is 516 g/mol. The number of rotatable bonds is 10. The van der Waals surface area contributed by atoms with Crippen LogP contribution in [0.2, 0.25) is 10.0 Å². The molecule has 2 amide bonds. The van der Waals surface area contributed by atoms with Crippen LogP contribution >= 0.6 is 35.0 Å². The van der Waals surface area contributed by atoms with Crippen molar-refractivity contribution in [2.45, 2.75) is 37.8 Å². The Morgan fingerprint density at radius 1 is 0.941 bits per heavy atom. The van der Waals surface area contributed by atoms with Crippen molar-refractivity contribution in [1.82, 2.24) is 10.2 Å². The van der Waals surface area contributed by atoms with E-state index in [2.05, 4.69) is 5.32 Å². The quantitative estimate of drug-likeness (QED) is 0.329. The van der Waals surface area contributed by atoms with Crippen LogP contribution in [0.15, 0.2) is 77.7 Å². The van der Waals surface area contributed by atoms with E-state index in [1.807, 2.05) is 68.4 Å². The SMILES string of the molecule is CCNC(=O)[C@@H](Cc1ccccc1)N(Cc1c(Cl)cccc1Cl)C(=O)CSc1ccc(C)cc1. The number of carbonyl (C=O) groups is 2. The second-order valence-corrected chi connectivity index (χ2v) is 9.79. The Morgan fingerprint density at radius 2 is 1.59 bits per heavy atom. The number of aryl methyl sites for hydroxylation is 1. The topological polar surface area (TPSA) is 49.4 Å². The van der Waals surface area contributed by atoms with Gasteiger partial charge in [0.2, 0.25) is 11.8 Å². The lowest BCUT2D eigenvalue weighted by molar-refractivity contribution is -0.139. The number of hydrogen-bond acceptors (Lipinski definition) is 3. The molecule has 0 bridgehead atoms. The Balaban J connectivity index is 1.93. The van der Waals surface area contributed by atoms with Crippen LogP contribution in [0.4, 0.5) is 0 Å². The van der Waals surface area contributed by atoms with E-state index in [0.717, 1.165) is 16.0 Å². The normalized spacial score (nSPS) is 11.6. The minimum atomic E-state index is -0.708. The van der Waals surface area contributed by atoms with Crippen molar-refractivity contribution < 1.29 is 9.59 Å². The molecule has 0 heterocycles. The summed E-state index contributed by atoms with van der Waals surface area (Å²) in [6.45, 7) is 4.49. The Hall–Kier alpha value is -2.47. The molecule has 1 N–H and O–H groups in total. The third-order valence-corrected chi connectivity index (χ3v) is 7.10. The van der Waals surface area contributed by atoms with Crippen molar-refractivity contribution in [3.05, 3.63) is 99.5 Å². The summed E-state index contributed by atoms with van der Waals surface area (Å²) >= 11 is 14.3. The Bertz CT molecular complexity index is 1090. The fourth-order valence-electron chi connectivity index (χ4n) is 3.56. The van der Waals surface area contributed by atoms with E-state index >= 15 is 0 Å². The predicted molar refractivity (Wildman–Crippen MR) is 142 cm³/mol. The summed E-state index contributed by atoms with van der Waals surface area (Å²) in [5.74, 6) is -0.174. The third kappa shape index (κ3) is 7.26. The summed E-state index contributed by atoms with van der Waals surface area (Å²) in [4.78, 5) is 29.4. The van der Waals surface area contributed by atoms with E-state index in [1.54, 1.807) is 23.1 Å². The highest BCUT2D eigenvalue weighted by Crippen LogP contribution is 2.28. The van der Waals surface area contributed by atoms with Crippen molar-refractivity contribution >= 4 is 46.8 Å². The van der Waals surface area contributed by atoms with Crippen molar-refractivity contribution in [3.8, 4) is 0 Å². The van der Waals surface area contributed by atoms with Crippen LogP contribution in [-0.4, -0.2) is 35.1 Å². The minimum absolute atomic E-state index is 0.139. The van der Waals surface area contributed by atoms with Crippen molar-refractivity contribution in [2.24, 2.45) is 0 Å². The molecule has 34 heavy (non-hydrogen) atoms. The first-order valence-corrected chi connectivity index (χ1v) is 12.9. The molecule has 3 aromatic carbocycles. The number of benzene rings is 3. The van der Waals surface area contributed by atoms with Gasteiger partial charge in [-0.05, 0) is 43.7 Å². The lowest BCUT2D eigenvalue weighted by atomic mass is 10.0. The molecule has 0 aliphatic heterocycles. The van der Waals surface area contributed by atoms with Gasteiger partial charge in [-0.15, -0.1) is 11.8 Å². The zero-order valence-corrected chi connectivity index (χ0v) is 21.6. The number of likely N-dealkylation sites (N-methyl/N-ethyl adjacent to an activating group) is 1. The van der Waals surface area contributed by atoms with E-state index in [1.165, 1.54) is 11.8 Å². The van der Waals surface area contributed by atoms with Crippen LogP contribution in [0, 0.1) is 6.92 Å². The first-order valence-electron chi connectivity index (χ1n) is 11.1. The second kappa shape index (κ2) is 12.8. The zero-order valence-electron chi connectivity index (χ0n) is 19.3. The van der Waals surface area contributed by atoms with Crippen LogP contribution in [-0.2, 0) is 22.6 Å². The van der Waals surface area contributed by atoms with Crippen LogP contribution in [0.25, 0.3) is 0 Å². The van der Waals surface area contributed by atoms with Gasteiger partial charge in [-0.2, -0.15) is 0 Å². The second-order valence-electron chi connectivity index (χ2n) is 7.92. The van der Waals surface area contributed by atoms with Gasteiger partial charge in [0.1, 0.15) is 6.04 Å². The Labute approximate surface area is 215 Å². The monoisotopic (exact) mass is 514 g/mol. The van der Waals surface area contributed by atoms with Crippen LogP contribution in [0.1, 0.15) is 23.6 Å². The maximum atomic E-state index is 13.6. The fourth-order valence-corrected chi connectivity index (χ4v) is 4.86. The molecule has 4 nitrogen and oxygen atoms in total. The first kappa shape index (κ1) is 26.1. The molecule has 0 unspecified atom stereocenters. The highest BCUT2D eigenvalue weighted by atomic mass is 35.5. The molecule has 0 aromatic heterocycles. The smallest absolute Gasteiger partial charge is 0.243 e. The van der Waals surface area contributed by atoms with Gasteiger partial charge in [0.05, 0.1) is 5.75 Å². The number of nitrogens with one attached hydrogen (secondary N) is 1. The molecule has 178 valence electrons. The number of thioether (sulfide) groups is 1. The molecule has 0 saturated heterocycles. The van der Waals surface area contributed by atoms with Gasteiger partial charge in [0.15, 0.2) is 0 Å². The molecule has 7 heteroatoms. The van der Waals surface area contributed by atoms with Crippen LogP contribution < -0.4 is 5.32 Å². The largest absolute Gasteiger partial charge is 0.355 e. The van der Waals surface area contributed by atoms with Crippen molar-refractivity contribution in [1.29, 1.82) is 0 Å². The van der Waals surface area contributed by atoms with Crippen molar-refractivity contribution in [2.75, 3.05) is 12.3 Å². The molecular formula is C27H28Cl2N2O2S. The van der Waals surface area contributed by atoms with E-state index in [9.17, 15) is 9.59 Å². The maximum absolute atomic E-state index is 13.6. The highest BCUT2D eigenvalue weighted by Gasteiger charge is 2.31. The molecular weight excluding hydrogens is 487 g/mol. The Kier molecular flexibility index (Phi) is 9.87. The summed E-state index contributed by atoms with van der Waals surface area (Å²) in [7, 11) is 0. The standard InChI is InChI=1S/C27H28Cl2N2O2S/c1-3-30-27(33)25(16-20-8-5-4-6-9-20)31(17-22-23(28)10-7-11-24(22)29)26(32)18-34-21-14-12-19(2)13-15-21/h4-15,25H,3,16-18H2,1-2H3,(H,30,33)/t25-/m1/s1. The van der Waals surface area contributed by atoms with Gasteiger partial charge in [-0.1, -0.05) is 77.3 Å². The van der Waals surface area contributed by atoms with Crippen LogP contribution in [0.5, 0.6) is 0 Å². The van der Waals surface area contributed by atoms with E-state index < -0.39 is 6.04 Å². The maximum Gasteiger partial charge on any atom is 0.243 e. The number of amides is 2. The van der Waals surface area contributed by atoms with E-state index in [0.29, 0.717) is 28.6 Å². The summed E-state index contributed by atoms with van der Waals surface area (Å²) in [5.41, 5.74) is 2.75. The zero-order chi connectivity index (χ0) is 24.5. The van der Waals surface area contributed by atoms with Crippen LogP contribution in [0.3, 0.4) is 0 Å². The van der Waals surface area contributed by atoms with Gasteiger partial charge in [-0.25, -0.2) is 0 Å². The summed E-state index contributed by atoms with van der Waals surface area (Å²) in [5, 5.41) is 3.82. The number of carbonyl (C=O) groups excluding carboxylic acids is 2. The molecule has 0 aliphatic rings. The molecule has 0 spiro atoms. The lowest BCUT2D eigenvalue weighted by Crippen LogP contribution is -2.51. The van der Waals surface area contributed by atoms with Gasteiger partial charge in [-0.3, -0.25) is 9.59 Å². The molecule has 1 atom stereocenters. The average Bonchev–Trinajstić information content (AvgIpc) is 2.83. The number of nitrogens with zero attached hydrogens (tertiary/aromatic N) is 1. The molecule has 0 saturated carbocycles. The summed E-state index contributed by atoms with van der Waals surface area (Å²) in [6.07, 6.45) is 0.385. The molecule has 0 fully saturated rings. The predicted octanol–water partition coefficient (Wildman–Crippen LogP) is 6.17. The van der Waals surface area contributed by atoms with E-state index in [-0.39, 0.29) is 24.1 Å². The number of hydrogen-bond donors (Lipinski definition) is 1. The lowest BCUT2D eigenvalue weighted by Gasteiger charge is -2.32. The fraction of sp³-hybridized carbons (Fsp3) is 0.259. The highest BCUT2D eigenvalue weighted by molar-refractivity contribution is 8.00. The summed E-state index contributed by atoms with van der Waals surface area (Å²) < 4.78 is 0.